The highest BCUT2D eigenvalue weighted by Gasteiger charge is 2.05. The molecule has 0 spiro atoms. The fourth-order valence-electron chi connectivity index (χ4n) is 2.16. The molecule has 0 radical (unpaired) electrons. The summed E-state index contributed by atoms with van der Waals surface area (Å²) in [5, 5.41) is 3.15. The Morgan fingerprint density at radius 2 is 1.76 bits per heavy atom. The van der Waals surface area contributed by atoms with Crippen LogP contribution in [0.4, 0.5) is 0 Å². The van der Waals surface area contributed by atoms with Gasteiger partial charge in [-0.25, -0.2) is 0 Å². The minimum absolute atomic E-state index is 0.592. The summed E-state index contributed by atoms with van der Waals surface area (Å²) in [5.41, 5.74) is 2.58. The highest BCUT2D eigenvalue weighted by atomic mass is 79.9. The first-order chi connectivity index (χ1) is 10.1. The highest BCUT2D eigenvalue weighted by molar-refractivity contribution is 9.10. The smallest absolute Gasteiger partial charge is 0.128 e. The lowest BCUT2D eigenvalue weighted by molar-refractivity contribution is 0.481. The van der Waals surface area contributed by atoms with E-state index in [-0.39, 0.29) is 0 Å². The van der Waals surface area contributed by atoms with E-state index in [9.17, 15) is 0 Å². The number of hydrogen-bond acceptors (Lipinski definition) is 2. The fourth-order valence-corrected chi connectivity index (χ4v) is 2.66. The van der Waals surface area contributed by atoms with Gasteiger partial charge in [0.15, 0.2) is 0 Å². The zero-order valence-corrected chi connectivity index (χ0v) is 14.4. The first kappa shape index (κ1) is 16.1. The molecular weight excluding hydrogens is 326 g/mol. The summed E-state index contributed by atoms with van der Waals surface area (Å²) < 4.78 is 6.97. The molecule has 112 valence electrons. The largest absolute Gasteiger partial charge is 0.457 e. The molecule has 0 heterocycles. The van der Waals surface area contributed by atoms with Gasteiger partial charge in [-0.2, -0.15) is 0 Å². The molecule has 2 aromatic rings. The molecule has 0 saturated carbocycles. The second-order valence-corrected chi connectivity index (χ2v) is 6.12. The van der Waals surface area contributed by atoms with Gasteiger partial charge in [-0.15, -0.1) is 0 Å². The van der Waals surface area contributed by atoms with Gasteiger partial charge in [0.25, 0.3) is 0 Å². The molecule has 2 nitrogen and oxygen atoms in total. The van der Waals surface area contributed by atoms with Crippen molar-refractivity contribution in [2.75, 3.05) is 7.05 Å². The average Bonchev–Trinajstić information content (AvgIpc) is 2.50. The van der Waals surface area contributed by atoms with Crippen LogP contribution in [0.5, 0.6) is 11.5 Å². The molecular formula is C18H22BrNO. The molecule has 0 aromatic heterocycles. The average molecular weight is 348 g/mol. The maximum atomic E-state index is 5.91. The van der Waals surface area contributed by atoms with Gasteiger partial charge in [-0.05, 0) is 54.8 Å². The van der Waals surface area contributed by atoms with E-state index < -0.39 is 0 Å². The van der Waals surface area contributed by atoms with Gasteiger partial charge < -0.3 is 10.1 Å². The van der Waals surface area contributed by atoms with Crippen LogP contribution in [0.3, 0.4) is 0 Å². The molecule has 0 bridgehead atoms. The van der Waals surface area contributed by atoms with Gasteiger partial charge in [-0.3, -0.25) is 0 Å². The van der Waals surface area contributed by atoms with E-state index in [0.29, 0.717) is 5.92 Å². The Bertz CT molecular complexity index is 580. The molecule has 0 fully saturated rings. The molecule has 0 saturated heterocycles. The van der Waals surface area contributed by atoms with Gasteiger partial charge >= 0.3 is 0 Å². The van der Waals surface area contributed by atoms with Crippen LogP contribution < -0.4 is 10.1 Å². The highest BCUT2D eigenvalue weighted by Crippen LogP contribution is 2.28. The van der Waals surface area contributed by atoms with Crippen LogP contribution in [0, 0.1) is 0 Å². The van der Waals surface area contributed by atoms with E-state index in [0.717, 1.165) is 28.9 Å². The minimum Gasteiger partial charge on any atom is -0.457 e. The molecule has 2 rings (SSSR count). The van der Waals surface area contributed by atoms with Crippen LogP contribution in [0.25, 0.3) is 0 Å². The van der Waals surface area contributed by atoms with Crippen LogP contribution in [0.1, 0.15) is 37.3 Å². The molecule has 0 amide bonds. The predicted molar refractivity (Wildman–Crippen MR) is 92.1 cm³/mol. The summed E-state index contributed by atoms with van der Waals surface area (Å²) >= 11 is 3.58. The van der Waals surface area contributed by atoms with Crippen LogP contribution in [0.15, 0.2) is 46.9 Å². The van der Waals surface area contributed by atoms with Gasteiger partial charge in [0.05, 0.1) is 0 Å². The van der Waals surface area contributed by atoms with Crippen molar-refractivity contribution in [2.24, 2.45) is 0 Å². The van der Waals surface area contributed by atoms with Crippen molar-refractivity contribution in [1.82, 2.24) is 5.32 Å². The predicted octanol–water partition coefficient (Wildman–Crippen LogP) is 5.47. The number of nitrogens with one attached hydrogen (secondary N) is 1. The van der Waals surface area contributed by atoms with Gasteiger partial charge in [0.2, 0.25) is 0 Å². The lowest BCUT2D eigenvalue weighted by atomic mass is 9.99. The van der Waals surface area contributed by atoms with E-state index in [1.54, 1.807) is 0 Å². The Hall–Kier alpha value is -1.32. The Balaban J connectivity index is 2.09. The van der Waals surface area contributed by atoms with Crippen molar-refractivity contribution in [1.29, 1.82) is 0 Å². The Morgan fingerprint density at radius 3 is 2.33 bits per heavy atom. The Morgan fingerprint density at radius 1 is 1.10 bits per heavy atom. The number of rotatable bonds is 6. The molecule has 21 heavy (non-hydrogen) atoms. The summed E-state index contributed by atoms with van der Waals surface area (Å²) in [7, 11) is 1.94. The van der Waals surface area contributed by atoms with E-state index in [1.165, 1.54) is 11.1 Å². The zero-order chi connectivity index (χ0) is 15.2. The zero-order valence-electron chi connectivity index (χ0n) is 12.8. The maximum Gasteiger partial charge on any atom is 0.128 e. The van der Waals surface area contributed by atoms with Gasteiger partial charge in [-0.1, -0.05) is 48.0 Å². The molecule has 1 atom stereocenters. The first-order valence-electron chi connectivity index (χ1n) is 7.35. The van der Waals surface area contributed by atoms with Crippen molar-refractivity contribution < 1.29 is 4.74 Å². The molecule has 1 unspecified atom stereocenters. The third kappa shape index (κ3) is 4.32. The van der Waals surface area contributed by atoms with Gasteiger partial charge in [0.1, 0.15) is 11.5 Å². The van der Waals surface area contributed by atoms with E-state index in [2.05, 4.69) is 53.3 Å². The minimum atomic E-state index is 0.592. The molecule has 0 aliphatic carbocycles. The van der Waals surface area contributed by atoms with Crippen LogP contribution in [-0.4, -0.2) is 7.05 Å². The quantitative estimate of drug-likeness (QED) is 0.747. The van der Waals surface area contributed by atoms with E-state index in [1.807, 2.05) is 31.3 Å². The fraction of sp³-hybridized carbons (Fsp3) is 0.333. The lowest BCUT2D eigenvalue weighted by Gasteiger charge is -2.11. The molecule has 3 heteroatoms. The number of ether oxygens (including phenoxy) is 1. The summed E-state index contributed by atoms with van der Waals surface area (Å²) in [6, 6.07) is 14.5. The Kier molecular flexibility index (Phi) is 5.83. The third-order valence-corrected chi connectivity index (χ3v) is 4.43. The maximum absolute atomic E-state index is 5.91. The number of hydrogen-bond donors (Lipinski definition) is 1. The lowest BCUT2D eigenvalue weighted by Crippen LogP contribution is -2.05. The monoisotopic (exact) mass is 347 g/mol. The van der Waals surface area contributed by atoms with Crippen molar-refractivity contribution in [3.63, 3.8) is 0 Å². The van der Waals surface area contributed by atoms with Crippen molar-refractivity contribution in [3.05, 3.63) is 58.1 Å². The van der Waals surface area contributed by atoms with Gasteiger partial charge in [0, 0.05) is 11.0 Å². The number of benzene rings is 2. The van der Waals surface area contributed by atoms with Crippen LogP contribution >= 0.6 is 15.9 Å². The van der Waals surface area contributed by atoms with Crippen molar-refractivity contribution in [2.45, 2.75) is 32.7 Å². The topological polar surface area (TPSA) is 21.3 Å². The second-order valence-electron chi connectivity index (χ2n) is 5.26. The number of halogens is 1. The van der Waals surface area contributed by atoms with Crippen molar-refractivity contribution >= 4 is 15.9 Å². The molecule has 0 aliphatic rings. The summed E-state index contributed by atoms with van der Waals surface area (Å²) in [4.78, 5) is 0. The van der Waals surface area contributed by atoms with E-state index in [4.69, 9.17) is 4.74 Å². The molecule has 0 aliphatic heterocycles. The summed E-state index contributed by atoms with van der Waals surface area (Å²) in [6.45, 7) is 5.29. The normalized spacial score (nSPS) is 12.2. The van der Waals surface area contributed by atoms with E-state index >= 15 is 0 Å². The SMILES string of the molecule is CCC(C)c1ccc(Oc2ccc(CNC)c(Br)c2)cc1. The second kappa shape index (κ2) is 7.62. The molecule has 2 aromatic carbocycles. The van der Waals surface area contributed by atoms with Crippen LogP contribution in [-0.2, 0) is 6.54 Å². The molecule has 1 N–H and O–H groups in total. The summed E-state index contributed by atoms with van der Waals surface area (Å²) in [5.74, 6) is 2.31. The first-order valence-corrected chi connectivity index (χ1v) is 8.14. The van der Waals surface area contributed by atoms with Crippen LogP contribution in [0.2, 0.25) is 0 Å². The Labute approximate surface area is 135 Å². The summed E-state index contributed by atoms with van der Waals surface area (Å²) in [6.07, 6.45) is 1.15. The van der Waals surface area contributed by atoms with Crippen molar-refractivity contribution in [3.8, 4) is 11.5 Å². The third-order valence-electron chi connectivity index (χ3n) is 3.69. The standard InChI is InChI=1S/C18H22BrNO/c1-4-13(2)14-5-8-16(9-6-14)21-17-10-7-15(12-20-3)18(19)11-17/h5-11,13,20H,4,12H2,1-3H3.